The molecule has 2 atom stereocenters. The van der Waals surface area contributed by atoms with E-state index in [1.807, 2.05) is 12.1 Å². The quantitative estimate of drug-likeness (QED) is 0.780. The van der Waals surface area contributed by atoms with Gasteiger partial charge in [-0.3, -0.25) is 10.1 Å². The van der Waals surface area contributed by atoms with E-state index in [0.717, 1.165) is 12.2 Å². The van der Waals surface area contributed by atoms with Gasteiger partial charge in [-0.2, -0.15) is 0 Å². The molecule has 2 aliphatic rings. The largest absolute Gasteiger partial charge is 0.497 e. The lowest BCUT2D eigenvalue weighted by molar-refractivity contribution is -0.144. The van der Waals surface area contributed by atoms with Crippen LogP contribution in [0.15, 0.2) is 18.2 Å². The fraction of sp³-hybridized carbons (Fsp3) is 0.462. The molecule has 0 saturated heterocycles. The van der Waals surface area contributed by atoms with Crippen molar-refractivity contribution in [3.63, 3.8) is 0 Å². The summed E-state index contributed by atoms with van der Waals surface area (Å²) in [6, 6.07) is 6.04. The van der Waals surface area contributed by atoms with Crippen LogP contribution in [0.1, 0.15) is 23.5 Å². The highest BCUT2D eigenvalue weighted by molar-refractivity contribution is 5.87. The van der Waals surface area contributed by atoms with Crippen LogP contribution in [0.2, 0.25) is 0 Å². The van der Waals surface area contributed by atoms with Gasteiger partial charge in [0.15, 0.2) is 0 Å². The Morgan fingerprint density at radius 2 is 2.29 bits per heavy atom. The Labute approximate surface area is 99.9 Å². The van der Waals surface area contributed by atoms with Gasteiger partial charge >= 0.3 is 5.97 Å². The monoisotopic (exact) mass is 233 g/mol. The van der Waals surface area contributed by atoms with Gasteiger partial charge in [-0.1, -0.05) is 6.07 Å². The third-order valence-corrected chi connectivity index (χ3v) is 3.83. The van der Waals surface area contributed by atoms with E-state index in [2.05, 4.69) is 11.4 Å². The van der Waals surface area contributed by atoms with Crippen LogP contribution < -0.4 is 10.1 Å². The second-order valence-electron chi connectivity index (χ2n) is 4.64. The van der Waals surface area contributed by atoms with Crippen molar-refractivity contribution in [1.29, 1.82) is 0 Å². The average molecular weight is 233 g/mol. The number of carbonyl (C=O) groups excluding carboxylic acids is 1. The number of carbonyl (C=O) groups is 1. The van der Waals surface area contributed by atoms with Crippen LogP contribution >= 0.6 is 0 Å². The summed E-state index contributed by atoms with van der Waals surface area (Å²) in [5.41, 5.74) is 1.98. The van der Waals surface area contributed by atoms with E-state index >= 15 is 0 Å². The fourth-order valence-electron chi connectivity index (χ4n) is 2.75. The first-order valence-electron chi connectivity index (χ1n) is 5.71. The number of ether oxygens (including phenoxy) is 2. The molecular weight excluding hydrogens is 218 g/mol. The maximum Gasteiger partial charge on any atom is 0.326 e. The predicted octanol–water partition coefficient (Wildman–Crippen LogP) is 1.20. The zero-order valence-corrected chi connectivity index (χ0v) is 9.95. The molecule has 1 aromatic carbocycles. The lowest BCUT2D eigenvalue weighted by Gasteiger charge is -2.24. The minimum atomic E-state index is -0.478. The number of hydrogen-bond acceptors (Lipinski definition) is 4. The van der Waals surface area contributed by atoms with Gasteiger partial charge in [0.05, 0.1) is 14.2 Å². The number of rotatable bonds is 2. The molecule has 1 aliphatic heterocycles. The van der Waals surface area contributed by atoms with Gasteiger partial charge in [-0.05, 0) is 29.7 Å². The average Bonchev–Trinajstić information content (AvgIpc) is 3.13. The van der Waals surface area contributed by atoms with E-state index in [1.54, 1.807) is 7.11 Å². The molecule has 1 saturated carbocycles. The first-order chi connectivity index (χ1) is 8.21. The van der Waals surface area contributed by atoms with Crippen molar-refractivity contribution < 1.29 is 14.3 Å². The SMILES string of the molecule is COC(=O)[C@@]12C[C@@H]1c1cc(OC)ccc1CN2. The predicted molar refractivity (Wildman–Crippen MR) is 61.9 cm³/mol. The summed E-state index contributed by atoms with van der Waals surface area (Å²) in [5, 5.41) is 3.30. The summed E-state index contributed by atoms with van der Waals surface area (Å²) in [6.07, 6.45) is 0.819. The van der Waals surface area contributed by atoms with Crippen molar-refractivity contribution in [2.24, 2.45) is 0 Å². The summed E-state index contributed by atoms with van der Waals surface area (Å²) in [4.78, 5) is 11.8. The zero-order chi connectivity index (χ0) is 12.0. The Hall–Kier alpha value is -1.55. The summed E-state index contributed by atoms with van der Waals surface area (Å²) in [7, 11) is 3.10. The Bertz CT molecular complexity index is 486. The van der Waals surface area contributed by atoms with Crippen LogP contribution in [0, 0.1) is 0 Å². The van der Waals surface area contributed by atoms with Gasteiger partial charge in [0.1, 0.15) is 11.3 Å². The zero-order valence-electron chi connectivity index (χ0n) is 9.95. The number of benzene rings is 1. The Morgan fingerprint density at radius 3 is 3.00 bits per heavy atom. The molecule has 1 aliphatic carbocycles. The van der Waals surface area contributed by atoms with Gasteiger partial charge in [0.2, 0.25) is 0 Å². The first-order valence-corrected chi connectivity index (χ1v) is 5.71. The van der Waals surface area contributed by atoms with Gasteiger partial charge in [0.25, 0.3) is 0 Å². The molecule has 0 spiro atoms. The normalized spacial score (nSPS) is 28.9. The Morgan fingerprint density at radius 1 is 1.47 bits per heavy atom. The number of hydrogen-bond donors (Lipinski definition) is 1. The van der Waals surface area contributed by atoms with Crippen LogP contribution in [0.3, 0.4) is 0 Å². The standard InChI is InChI=1S/C13H15NO3/c1-16-9-4-3-8-7-14-13(12(15)17-2)6-11(13)10(8)5-9/h3-5,11,14H,6-7H2,1-2H3/t11-,13-/m1/s1. The lowest BCUT2D eigenvalue weighted by atomic mass is 9.95. The second kappa shape index (κ2) is 3.47. The molecule has 4 heteroatoms. The third-order valence-electron chi connectivity index (χ3n) is 3.83. The molecule has 0 amide bonds. The summed E-state index contributed by atoms with van der Waals surface area (Å²) >= 11 is 0. The minimum Gasteiger partial charge on any atom is -0.497 e. The summed E-state index contributed by atoms with van der Waals surface area (Å²) in [5.74, 6) is 0.918. The van der Waals surface area contributed by atoms with Crippen LogP contribution in [0.5, 0.6) is 5.75 Å². The highest BCUT2D eigenvalue weighted by Crippen LogP contribution is 2.56. The maximum atomic E-state index is 11.8. The molecule has 0 bridgehead atoms. The van der Waals surface area contributed by atoms with Crippen molar-refractivity contribution in [1.82, 2.24) is 5.32 Å². The molecule has 0 aromatic heterocycles. The highest BCUT2D eigenvalue weighted by atomic mass is 16.5. The minimum absolute atomic E-state index is 0.157. The molecule has 1 fully saturated rings. The summed E-state index contributed by atoms with van der Waals surface area (Å²) in [6.45, 7) is 0.713. The third kappa shape index (κ3) is 1.37. The molecule has 0 radical (unpaired) electrons. The van der Waals surface area contributed by atoms with E-state index in [9.17, 15) is 4.79 Å². The molecule has 90 valence electrons. The molecule has 17 heavy (non-hydrogen) atoms. The van der Waals surface area contributed by atoms with E-state index in [-0.39, 0.29) is 11.9 Å². The molecule has 1 heterocycles. The molecule has 3 rings (SSSR count). The molecule has 1 N–H and O–H groups in total. The van der Waals surface area contributed by atoms with Crippen molar-refractivity contribution in [2.45, 2.75) is 24.4 Å². The Balaban J connectivity index is 1.97. The van der Waals surface area contributed by atoms with Crippen LogP contribution in [-0.2, 0) is 16.1 Å². The van der Waals surface area contributed by atoms with Gasteiger partial charge < -0.3 is 9.47 Å². The van der Waals surface area contributed by atoms with E-state index in [1.165, 1.54) is 18.2 Å². The van der Waals surface area contributed by atoms with Crippen LogP contribution in [0.4, 0.5) is 0 Å². The number of methoxy groups -OCH3 is 2. The smallest absolute Gasteiger partial charge is 0.326 e. The first kappa shape index (κ1) is 10.6. The number of esters is 1. The molecular formula is C13H15NO3. The van der Waals surface area contributed by atoms with Crippen molar-refractivity contribution >= 4 is 5.97 Å². The topological polar surface area (TPSA) is 47.6 Å². The molecule has 4 nitrogen and oxygen atoms in total. The maximum absolute atomic E-state index is 11.8. The molecule has 1 aromatic rings. The van der Waals surface area contributed by atoms with E-state index < -0.39 is 5.54 Å². The lowest BCUT2D eigenvalue weighted by Crippen LogP contribution is -2.43. The summed E-state index contributed by atoms with van der Waals surface area (Å²) < 4.78 is 10.1. The second-order valence-corrected chi connectivity index (χ2v) is 4.64. The van der Waals surface area contributed by atoms with E-state index in [0.29, 0.717) is 6.54 Å². The molecule has 0 unspecified atom stereocenters. The van der Waals surface area contributed by atoms with Gasteiger partial charge in [-0.25, -0.2) is 0 Å². The van der Waals surface area contributed by atoms with Crippen molar-refractivity contribution in [3.05, 3.63) is 29.3 Å². The highest BCUT2D eigenvalue weighted by Gasteiger charge is 2.63. The number of nitrogens with one attached hydrogen (secondary N) is 1. The van der Waals surface area contributed by atoms with Gasteiger partial charge in [0, 0.05) is 12.5 Å². The van der Waals surface area contributed by atoms with Gasteiger partial charge in [-0.15, -0.1) is 0 Å². The Kier molecular flexibility index (Phi) is 2.16. The van der Waals surface area contributed by atoms with Crippen molar-refractivity contribution in [3.8, 4) is 5.75 Å². The van der Waals surface area contributed by atoms with Crippen LogP contribution in [0.25, 0.3) is 0 Å². The van der Waals surface area contributed by atoms with E-state index in [4.69, 9.17) is 9.47 Å². The number of fused-ring (bicyclic) bond motifs is 3. The fourth-order valence-corrected chi connectivity index (χ4v) is 2.75. The van der Waals surface area contributed by atoms with Crippen molar-refractivity contribution in [2.75, 3.05) is 14.2 Å². The van der Waals surface area contributed by atoms with Crippen LogP contribution in [-0.4, -0.2) is 25.7 Å².